The van der Waals surface area contributed by atoms with Gasteiger partial charge in [0.15, 0.2) is 0 Å². The molecule has 0 unspecified atom stereocenters. The van der Waals surface area contributed by atoms with Crippen LogP contribution in [0.2, 0.25) is 0 Å². The van der Waals surface area contributed by atoms with E-state index in [0.29, 0.717) is 18.9 Å². The fourth-order valence-electron chi connectivity index (χ4n) is 5.14. The van der Waals surface area contributed by atoms with Gasteiger partial charge in [-0.05, 0) is 37.5 Å². The number of hydrogen-bond acceptors (Lipinski definition) is 4. The van der Waals surface area contributed by atoms with E-state index in [0.717, 1.165) is 21.9 Å². The third-order valence-electron chi connectivity index (χ3n) is 7.04. The number of carbonyl (C=O) groups is 3. The number of rotatable bonds is 4. The third-order valence-corrected chi connectivity index (χ3v) is 7.04. The van der Waals surface area contributed by atoms with Crippen LogP contribution in [-0.2, 0) is 15.1 Å². The molecule has 1 heterocycles. The molecule has 204 valence electrons. The number of nitrogens with zero attached hydrogens (tertiary/aromatic N) is 2. The van der Waals surface area contributed by atoms with Crippen molar-refractivity contribution >= 4 is 18.0 Å². The lowest BCUT2D eigenvalue weighted by molar-refractivity contribution is -0.167. The summed E-state index contributed by atoms with van der Waals surface area (Å²) in [6.45, 7) is -0.530. The summed E-state index contributed by atoms with van der Waals surface area (Å²) in [5.74, 6) is -18.8. The Morgan fingerprint density at radius 1 is 0.895 bits per heavy atom. The van der Waals surface area contributed by atoms with Crippen LogP contribution in [0, 0.1) is 40.7 Å². The Morgan fingerprint density at radius 2 is 1.39 bits per heavy atom. The minimum Gasteiger partial charge on any atom is -0.465 e. The molecule has 0 bridgehead atoms. The van der Waals surface area contributed by atoms with E-state index >= 15 is 0 Å². The lowest BCUT2D eigenvalue weighted by Gasteiger charge is -2.55. The molecule has 1 saturated carbocycles. The first kappa shape index (κ1) is 27.2. The van der Waals surface area contributed by atoms with E-state index in [9.17, 15) is 50.2 Å². The highest BCUT2D eigenvalue weighted by molar-refractivity contribution is 5.94. The van der Waals surface area contributed by atoms with Gasteiger partial charge in [0.2, 0.25) is 40.7 Å². The summed E-state index contributed by atoms with van der Waals surface area (Å²) in [5.41, 5.74) is -3.82. The molecule has 2 amide bonds. The lowest BCUT2D eigenvalue weighted by atomic mass is 9.80. The Morgan fingerprint density at radius 3 is 1.89 bits per heavy atom. The zero-order valence-electron chi connectivity index (χ0n) is 19.6. The minimum absolute atomic E-state index is 0.0505. The Labute approximate surface area is 210 Å². The fourth-order valence-corrected chi connectivity index (χ4v) is 5.14. The molecule has 7 nitrogen and oxygen atoms in total. The van der Waals surface area contributed by atoms with Crippen molar-refractivity contribution in [2.75, 3.05) is 13.1 Å². The summed E-state index contributed by atoms with van der Waals surface area (Å²) in [4.78, 5) is 40.3. The van der Waals surface area contributed by atoms with Crippen LogP contribution in [-0.4, -0.2) is 51.5 Å². The molecule has 2 aromatic carbocycles. The average Bonchev–Trinajstić information content (AvgIpc) is 3.34. The van der Waals surface area contributed by atoms with Crippen molar-refractivity contribution < 1.29 is 55.0 Å². The Hall–Kier alpha value is -3.84. The number of amides is 2. The minimum atomic E-state index is -2.48. The third kappa shape index (κ3) is 4.21. The molecule has 1 spiro atoms. The first-order chi connectivity index (χ1) is 17.7. The Balaban J connectivity index is 1.78. The van der Waals surface area contributed by atoms with E-state index in [1.54, 1.807) is 0 Å². The SMILES string of the molecule is C[C@@]1(c2cc(F)cc(F)c2)CN(C(=O)O)C2(CCCC2)C(=O)N1CC(=O)Oc1c(F)c(F)c(F)c(F)c1F. The van der Waals surface area contributed by atoms with Gasteiger partial charge in [-0.2, -0.15) is 8.78 Å². The molecule has 14 heteroatoms. The number of piperazine rings is 1. The van der Waals surface area contributed by atoms with E-state index in [1.165, 1.54) is 6.92 Å². The molecule has 1 N–H and O–H groups in total. The number of esters is 1. The molecule has 38 heavy (non-hydrogen) atoms. The van der Waals surface area contributed by atoms with Crippen molar-refractivity contribution in [1.29, 1.82) is 0 Å². The molecule has 1 aliphatic heterocycles. The quantitative estimate of drug-likeness (QED) is 0.198. The number of halogens is 7. The van der Waals surface area contributed by atoms with Crippen LogP contribution in [0.15, 0.2) is 18.2 Å². The number of benzene rings is 2. The predicted octanol–water partition coefficient (Wildman–Crippen LogP) is 4.62. The molecule has 1 atom stereocenters. The predicted molar refractivity (Wildman–Crippen MR) is 113 cm³/mol. The van der Waals surface area contributed by atoms with E-state index in [4.69, 9.17) is 0 Å². The molecule has 1 saturated heterocycles. The summed E-state index contributed by atoms with van der Waals surface area (Å²) >= 11 is 0. The van der Waals surface area contributed by atoms with Gasteiger partial charge in [-0.1, -0.05) is 12.8 Å². The summed E-state index contributed by atoms with van der Waals surface area (Å²) in [5, 5.41) is 9.90. The van der Waals surface area contributed by atoms with Crippen LogP contribution in [0.25, 0.3) is 0 Å². The highest BCUT2D eigenvalue weighted by Gasteiger charge is 2.60. The van der Waals surface area contributed by atoms with Gasteiger partial charge in [0.05, 0.1) is 12.1 Å². The van der Waals surface area contributed by atoms with E-state index in [1.807, 2.05) is 0 Å². The van der Waals surface area contributed by atoms with E-state index in [2.05, 4.69) is 4.74 Å². The second kappa shape index (κ2) is 9.48. The maximum atomic E-state index is 14.1. The topological polar surface area (TPSA) is 87.2 Å². The molecule has 2 fully saturated rings. The first-order valence-electron chi connectivity index (χ1n) is 11.2. The monoisotopic (exact) mass is 548 g/mol. The van der Waals surface area contributed by atoms with Gasteiger partial charge in [-0.25, -0.2) is 31.5 Å². The van der Waals surface area contributed by atoms with Crippen LogP contribution in [0.3, 0.4) is 0 Å². The zero-order valence-corrected chi connectivity index (χ0v) is 19.6. The molecular weight excluding hydrogens is 529 g/mol. The maximum absolute atomic E-state index is 14.1. The normalized spacial score (nSPS) is 20.8. The second-order valence-corrected chi connectivity index (χ2v) is 9.30. The largest absolute Gasteiger partial charge is 0.465 e. The second-order valence-electron chi connectivity index (χ2n) is 9.30. The number of ether oxygens (including phenoxy) is 1. The first-order valence-corrected chi connectivity index (χ1v) is 11.2. The van der Waals surface area contributed by atoms with Crippen molar-refractivity contribution in [2.45, 2.75) is 43.7 Å². The van der Waals surface area contributed by atoms with Gasteiger partial charge in [0, 0.05) is 6.07 Å². The van der Waals surface area contributed by atoms with Gasteiger partial charge in [0.25, 0.3) is 0 Å². The molecule has 2 aliphatic rings. The number of carbonyl (C=O) groups excluding carboxylic acids is 2. The summed E-state index contributed by atoms with van der Waals surface area (Å²) in [7, 11) is 0. The van der Waals surface area contributed by atoms with Crippen LogP contribution in [0.5, 0.6) is 5.75 Å². The smallest absolute Gasteiger partial charge is 0.408 e. The van der Waals surface area contributed by atoms with E-state index < -0.39 is 88.6 Å². The number of carboxylic acid groups (broad SMARTS) is 1. The van der Waals surface area contributed by atoms with E-state index in [-0.39, 0.29) is 18.4 Å². The molecular formula is C24H19F7N2O5. The van der Waals surface area contributed by atoms with Crippen LogP contribution in [0.4, 0.5) is 35.5 Å². The summed E-state index contributed by atoms with van der Waals surface area (Å²) in [6, 6.07) is 2.14. The van der Waals surface area contributed by atoms with Crippen molar-refractivity contribution in [2.24, 2.45) is 0 Å². The van der Waals surface area contributed by atoms with Gasteiger partial charge in [0.1, 0.15) is 23.7 Å². The Bertz CT molecular complexity index is 1300. The lowest BCUT2D eigenvalue weighted by Crippen LogP contribution is -2.72. The van der Waals surface area contributed by atoms with Crippen molar-refractivity contribution in [3.8, 4) is 5.75 Å². The Kier molecular flexibility index (Phi) is 6.78. The van der Waals surface area contributed by atoms with Gasteiger partial charge in [-0.15, -0.1) is 0 Å². The van der Waals surface area contributed by atoms with Gasteiger partial charge in [-0.3, -0.25) is 9.69 Å². The molecule has 0 radical (unpaired) electrons. The van der Waals surface area contributed by atoms with Crippen molar-refractivity contribution in [3.05, 3.63) is 64.5 Å². The molecule has 0 aromatic heterocycles. The van der Waals surface area contributed by atoms with Crippen LogP contribution in [0.1, 0.15) is 38.2 Å². The molecule has 1 aliphatic carbocycles. The van der Waals surface area contributed by atoms with Gasteiger partial charge >= 0.3 is 12.1 Å². The highest BCUT2D eigenvalue weighted by atomic mass is 19.2. The standard InChI is InChI=1S/C24H19F7N2O5/c1-23(11-6-12(25)8-13(26)7-11)10-33(22(36)37)24(4-2-3-5-24)21(35)32(23)9-14(34)38-20-18(30)16(28)15(27)17(29)19(20)31/h6-8H,2-5,9-10H2,1H3,(H,36,37)/t23-/m0/s1. The van der Waals surface area contributed by atoms with Crippen LogP contribution < -0.4 is 4.74 Å². The van der Waals surface area contributed by atoms with Crippen LogP contribution >= 0.6 is 0 Å². The molecule has 2 aromatic rings. The maximum Gasteiger partial charge on any atom is 0.408 e. The number of hydrogen-bond donors (Lipinski definition) is 1. The summed E-state index contributed by atoms with van der Waals surface area (Å²) < 4.78 is 101. The van der Waals surface area contributed by atoms with Gasteiger partial charge < -0.3 is 14.7 Å². The summed E-state index contributed by atoms with van der Waals surface area (Å²) in [6.07, 6.45) is -0.538. The molecule has 4 rings (SSSR count). The zero-order chi connectivity index (χ0) is 28.2. The van der Waals surface area contributed by atoms with Crippen molar-refractivity contribution in [1.82, 2.24) is 9.80 Å². The average molecular weight is 548 g/mol. The highest BCUT2D eigenvalue weighted by Crippen LogP contribution is 2.46. The van der Waals surface area contributed by atoms with Crippen molar-refractivity contribution in [3.63, 3.8) is 0 Å². The fraction of sp³-hybridized carbons (Fsp3) is 0.375.